The van der Waals surface area contributed by atoms with E-state index in [4.69, 9.17) is 23.9 Å². The van der Waals surface area contributed by atoms with Crippen LogP contribution in [0.15, 0.2) is 22.7 Å². The molecule has 0 spiro atoms. The zero-order chi connectivity index (χ0) is 9.84. The van der Waals surface area contributed by atoms with Crippen molar-refractivity contribution < 1.29 is 0 Å². The fraction of sp³-hybridized carbons (Fsp3) is 0.111. The number of rotatable bonds is 2. The number of nitrogens with one attached hydrogen (secondary N) is 1. The molecule has 0 bridgehead atoms. The highest BCUT2D eigenvalue weighted by molar-refractivity contribution is 9.10. The van der Waals surface area contributed by atoms with E-state index in [1.54, 1.807) is 12.1 Å². The third-order valence-electron chi connectivity index (χ3n) is 1.55. The molecule has 1 unspecified atom stereocenters. The first-order valence-corrected chi connectivity index (χ1v) is 4.72. The maximum atomic E-state index is 5.84. The minimum absolute atomic E-state index is 0.310. The van der Waals surface area contributed by atoms with Gasteiger partial charge in [0.05, 0.1) is 0 Å². The summed E-state index contributed by atoms with van der Waals surface area (Å²) in [7, 11) is 0. The third kappa shape index (κ3) is 2.71. The smallest absolute Gasteiger partial charge is 0.107 e. The first-order chi connectivity index (χ1) is 6.17. The molecule has 0 amide bonds. The van der Waals surface area contributed by atoms with E-state index >= 15 is 0 Å². The lowest BCUT2D eigenvalue weighted by Crippen LogP contribution is -2.26. The first-order valence-electron chi connectivity index (χ1n) is 3.55. The van der Waals surface area contributed by atoms with Gasteiger partial charge >= 0.3 is 0 Å². The molecule has 13 heavy (non-hydrogen) atoms. The van der Waals surface area contributed by atoms with Gasteiger partial charge in [0.25, 0.3) is 0 Å². The monoisotopic (exact) mass is 258 g/mol. The average molecular weight is 260 g/mol. The minimum atomic E-state index is -0.310. The molecule has 0 saturated heterocycles. The van der Waals surface area contributed by atoms with Gasteiger partial charge in [-0.2, -0.15) is 0 Å². The summed E-state index contributed by atoms with van der Waals surface area (Å²) in [5, 5.41) is 0.625. The molecular formula is C9H8BrClN2. The van der Waals surface area contributed by atoms with Gasteiger partial charge in [-0.15, -0.1) is 6.42 Å². The van der Waals surface area contributed by atoms with Crippen LogP contribution in [0, 0.1) is 12.3 Å². The average Bonchev–Trinajstić information content (AvgIpc) is 2.04. The zero-order valence-electron chi connectivity index (χ0n) is 6.72. The molecule has 68 valence electrons. The van der Waals surface area contributed by atoms with Crippen molar-refractivity contribution in [3.8, 4) is 12.3 Å². The van der Waals surface area contributed by atoms with Crippen molar-refractivity contribution in [3.05, 3.63) is 33.3 Å². The molecule has 0 saturated carbocycles. The number of hydrogen-bond acceptors (Lipinski definition) is 2. The Bertz CT molecular complexity index is 326. The third-order valence-corrected chi connectivity index (χ3v) is 2.23. The first kappa shape index (κ1) is 10.6. The Labute approximate surface area is 90.6 Å². The zero-order valence-corrected chi connectivity index (χ0v) is 9.06. The summed E-state index contributed by atoms with van der Waals surface area (Å²) < 4.78 is 0.880. The van der Waals surface area contributed by atoms with Crippen molar-refractivity contribution in [2.75, 3.05) is 0 Å². The van der Waals surface area contributed by atoms with Crippen molar-refractivity contribution in [1.82, 2.24) is 5.43 Å². The van der Waals surface area contributed by atoms with Gasteiger partial charge in [0, 0.05) is 9.50 Å². The highest BCUT2D eigenvalue weighted by atomic mass is 79.9. The Morgan fingerprint density at radius 2 is 2.23 bits per heavy atom. The molecule has 0 aliphatic carbocycles. The molecule has 2 nitrogen and oxygen atoms in total. The maximum Gasteiger partial charge on any atom is 0.107 e. The van der Waals surface area contributed by atoms with Crippen molar-refractivity contribution in [3.63, 3.8) is 0 Å². The highest BCUT2D eigenvalue weighted by Gasteiger charge is 2.06. The second-order valence-corrected chi connectivity index (χ2v) is 3.82. The van der Waals surface area contributed by atoms with Gasteiger partial charge in [0.2, 0.25) is 0 Å². The predicted molar refractivity (Wildman–Crippen MR) is 58.0 cm³/mol. The van der Waals surface area contributed by atoms with Crippen LogP contribution < -0.4 is 11.3 Å². The van der Waals surface area contributed by atoms with Crippen molar-refractivity contribution in [1.29, 1.82) is 0 Å². The van der Waals surface area contributed by atoms with E-state index in [0.29, 0.717) is 5.02 Å². The van der Waals surface area contributed by atoms with Crippen molar-refractivity contribution in [2.45, 2.75) is 6.04 Å². The second kappa shape index (κ2) is 4.64. The van der Waals surface area contributed by atoms with Crippen LogP contribution >= 0.6 is 27.5 Å². The van der Waals surface area contributed by atoms with Gasteiger partial charge < -0.3 is 0 Å². The normalized spacial score (nSPS) is 12.2. The molecule has 1 rings (SSSR count). The summed E-state index contributed by atoms with van der Waals surface area (Å²) >= 11 is 9.16. The molecule has 1 aromatic carbocycles. The summed E-state index contributed by atoms with van der Waals surface area (Å²) in [6.45, 7) is 0. The van der Waals surface area contributed by atoms with E-state index in [9.17, 15) is 0 Å². The summed E-state index contributed by atoms with van der Waals surface area (Å²) in [6, 6.07) is 5.12. The molecule has 0 aliphatic heterocycles. The molecule has 0 heterocycles. The Kier molecular flexibility index (Phi) is 3.76. The maximum absolute atomic E-state index is 5.84. The molecule has 3 N–H and O–H groups in total. The molecule has 0 aromatic heterocycles. The van der Waals surface area contributed by atoms with Crippen LogP contribution in [0.5, 0.6) is 0 Å². The summed E-state index contributed by atoms with van der Waals surface area (Å²) in [5.41, 5.74) is 3.37. The molecule has 0 radical (unpaired) electrons. The Balaban J connectivity index is 3.08. The Morgan fingerprint density at radius 1 is 1.54 bits per heavy atom. The van der Waals surface area contributed by atoms with Gasteiger partial charge in [-0.05, 0) is 23.8 Å². The number of hydrazine groups is 1. The largest absolute Gasteiger partial charge is 0.270 e. The van der Waals surface area contributed by atoms with E-state index in [2.05, 4.69) is 27.3 Å². The fourth-order valence-corrected chi connectivity index (χ4v) is 1.87. The van der Waals surface area contributed by atoms with Crippen LogP contribution in [0.2, 0.25) is 5.02 Å². The van der Waals surface area contributed by atoms with Gasteiger partial charge in [-0.3, -0.25) is 5.84 Å². The number of benzene rings is 1. The lowest BCUT2D eigenvalue weighted by Gasteiger charge is -2.09. The van der Waals surface area contributed by atoms with Gasteiger partial charge in [0.1, 0.15) is 6.04 Å². The quantitative estimate of drug-likeness (QED) is 0.486. The lowest BCUT2D eigenvalue weighted by atomic mass is 10.1. The fourth-order valence-electron chi connectivity index (χ4n) is 0.982. The van der Waals surface area contributed by atoms with Crippen LogP contribution in [0.1, 0.15) is 11.6 Å². The number of halogens is 2. The van der Waals surface area contributed by atoms with Gasteiger partial charge in [0.15, 0.2) is 0 Å². The van der Waals surface area contributed by atoms with E-state index in [-0.39, 0.29) is 6.04 Å². The highest BCUT2D eigenvalue weighted by Crippen LogP contribution is 2.23. The number of hydrogen-bond donors (Lipinski definition) is 2. The SMILES string of the molecule is C#CC(NN)c1cc(Cl)cc(Br)c1. The lowest BCUT2D eigenvalue weighted by molar-refractivity contribution is 0.673. The van der Waals surface area contributed by atoms with Crippen LogP contribution in [0.3, 0.4) is 0 Å². The summed E-state index contributed by atoms with van der Waals surface area (Å²) in [5.74, 6) is 7.77. The Hall–Kier alpha value is -0.530. The topological polar surface area (TPSA) is 38.0 Å². The standard InChI is InChI=1S/C9H8BrClN2/c1-2-9(13-12)6-3-7(10)5-8(11)4-6/h1,3-5,9,13H,12H2. The van der Waals surface area contributed by atoms with Gasteiger partial charge in [-0.1, -0.05) is 33.5 Å². The van der Waals surface area contributed by atoms with E-state index < -0.39 is 0 Å². The molecule has 1 atom stereocenters. The van der Waals surface area contributed by atoms with Crippen LogP contribution in [-0.4, -0.2) is 0 Å². The van der Waals surface area contributed by atoms with E-state index in [1.165, 1.54) is 0 Å². The number of nitrogens with two attached hydrogens (primary N) is 1. The molecule has 1 aromatic rings. The molecule has 4 heteroatoms. The van der Waals surface area contributed by atoms with Crippen LogP contribution in [-0.2, 0) is 0 Å². The molecule has 0 fully saturated rings. The molecular weight excluding hydrogens is 251 g/mol. The van der Waals surface area contributed by atoms with Crippen LogP contribution in [0.25, 0.3) is 0 Å². The van der Waals surface area contributed by atoms with Crippen molar-refractivity contribution >= 4 is 27.5 Å². The van der Waals surface area contributed by atoms with E-state index in [1.807, 2.05) is 6.07 Å². The minimum Gasteiger partial charge on any atom is -0.270 e. The second-order valence-electron chi connectivity index (χ2n) is 2.47. The van der Waals surface area contributed by atoms with Gasteiger partial charge in [-0.25, -0.2) is 5.43 Å². The Morgan fingerprint density at radius 3 is 2.69 bits per heavy atom. The number of terminal acetylenes is 1. The molecule has 0 aliphatic rings. The summed E-state index contributed by atoms with van der Waals surface area (Å²) in [4.78, 5) is 0. The van der Waals surface area contributed by atoms with Crippen molar-refractivity contribution in [2.24, 2.45) is 5.84 Å². The van der Waals surface area contributed by atoms with Crippen LogP contribution in [0.4, 0.5) is 0 Å². The summed E-state index contributed by atoms with van der Waals surface area (Å²) in [6.07, 6.45) is 5.26. The van der Waals surface area contributed by atoms with E-state index in [0.717, 1.165) is 10.0 Å². The predicted octanol–water partition coefficient (Wildman–Crippen LogP) is 2.24.